The van der Waals surface area contributed by atoms with Crippen molar-refractivity contribution in [3.63, 3.8) is 0 Å². The normalized spacial score (nSPS) is 14.1. The summed E-state index contributed by atoms with van der Waals surface area (Å²) in [5.74, 6) is -1.45. The van der Waals surface area contributed by atoms with E-state index in [1.165, 1.54) is 24.5 Å². The number of anilines is 1. The van der Waals surface area contributed by atoms with E-state index in [1.54, 1.807) is 6.92 Å². The van der Waals surface area contributed by atoms with Gasteiger partial charge in [0.1, 0.15) is 5.69 Å². The van der Waals surface area contributed by atoms with Gasteiger partial charge in [0.05, 0.1) is 10.6 Å². The van der Waals surface area contributed by atoms with Crippen LogP contribution in [-0.2, 0) is 6.18 Å². The molecule has 1 amide bonds. The Hall–Kier alpha value is -2.94. The second-order valence-electron chi connectivity index (χ2n) is 7.07. The van der Waals surface area contributed by atoms with Gasteiger partial charge in [0.2, 0.25) is 0 Å². The van der Waals surface area contributed by atoms with Crippen LogP contribution in [0.4, 0.5) is 23.2 Å². The Balaban J connectivity index is 1.65. The van der Waals surface area contributed by atoms with Crippen LogP contribution in [-0.4, -0.2) is 20.7 Å². The number of aromatic nitrogens is 3. The monoisotopic (exact) mass is 438 g/mol. The zero-order chi connectivity index (χ0) is 21.6. The molecule has 0 atom stereocenters. The molecule has 30 heavy (non-hydrogen) atoms. The maximum absolute atomic E-state index is 14.8. The second-order valence-corrected chi connectivity index (χ2v) is 7.48. The Bertz CT molecular complexity index is 1120. The number of rotatable bonds is 4. The van der Waals surface area contributed by atoms with Crippen molar-refractivity contribution in [3.05, 3.63) is 70.0 Å². The molecular formula is C20H15ClF4N4O. The quantitative estimate of drug-likeness (QED) is 0.546. The van der Waals surface area contributed by atoms with Crippen LogP contribution in [0.15, 0.2) is 36.7 Å². The third-order valence-corrected chi connectivity index (χ3v) is 5.06. The molecule has 1 N–H and O–H groups in total. The smallest absolute Gasteiger partial charge is 0.322 e. The first-order chi connectivity index (χ1) is 14.1. The average molecular weight is 439 g/mol. The number of nitrogens with zero attached hydrogens (tertiary/aromatic N) is 3. The van der Waals surface area contributed by atoms with Crippen LogP contribution in [0.2, 0.25) is 5.02 Å². The first-order valence-corrected chi connectivity index (χ1v) is 9.41. The minimum Gasteiger partial charge on any atom is -0.322 e. The van der Waals surface area contributed by atoms with Gasteiger partial charge in [0.25, 0.3) is 5.91 Å². The summed E-state index contributed by atoms with van der Waals surface area (Å²) in [6.45, 7) is 1.66. The Morgan fingerprint density at radius 1 is 1.23 bits per heavy atom. The van der Waals surface area contributed by atoms with Crippen LogP contribution in [0.1, 0.15) is 46.1 Å². The van der Waals surface area contributed by atoms with E-state index in [9.17, 15) is 22.4 Å². The lowest BCUT2D eigenvalue weighted by Crippen LogP contribution is -2.15. The van der Waals surface area contributed by atoms with E-state index in [-0.39, 0.29) is 27.9 Å². The fraction of sp³-hybridized carbons (Fsp3) is 0.250. The Morgan fingerprint density at radius 2 is 1.97 bits per heavy atom. The summed E-state index contributed by atoms with van der Waals surface area (Å²) in [5, 5.41) is 6.26. The molecule has 3 aromatic rings. The van der Waals surface area contributed by atoms with Crippen LogP contribution in [0.5, 0.6) is 0 Å². The highest BCUT2D eigenvalue weighted by molar-refractivity contribution is 6.34. The Morgan fingerprint density at radius 3 is 2.57 bits per heavy atom. The number of hydrogen-bond donors (Lipinski definition) is 1. The van der Waals surface area contributed by atoms with Crippen LogP contribution in [0, 0.1) is 12.7 Å². The topological polar surface area (TPSA) is 59.8 Å². The van der Waals surface area contributed by atoms with Gasteiger partial charge in [0, 0.05) is 29.7 Å². The molecule has 10 heteroatoms. The molecule has 0 bridgehead atoms. The lowest BCUT2D eigenvalue weighted by Gasteiger charge is -2.12. The number of pyridine rings is 1. The van der Waals surface area contributed by atoms with E-state index >= 15 is 0 Å². The summed E-state index contributed by atoms with van der Waals surface area (Å²) in [6.07, 6.45) is -0.376. The second kappa shape index (κ2) is 7.39. The Labute approximate surface area is 173 Å². The number of alkyl halides is 3. The first kappa shape index (κ1) is 20.3. The molecule has 5 nitrogen and oxygen atoms in total. The van der Waals surface area contributed by atoms with Gasteiger partial charge in [-0.3, -0.25) is 9.78 Å². The van der Waals surface area contributed by atoms with Crippen LogP contribution >= 0.6 is 11.6 Å². The van der Waals surface area contributed by atoms with Gasteiger partial charge in [-0.15, -0.1) is 0 Å². The van der Waals surface area contributed by atoms with Crippen LogP contribution in [0.25, 0.3) is 5.69 Å². The molecule has 1 fully saturated rings. The third-order valence-electron chi connectivity index (χ3n) is 4.77. The van der Waals surface area contributed by atoms with Gasteiger partial charge < -0.3 is 5.32 Å². The van der Waals surface area contributed by atoms with Gasteiger partial charge in [-0.05, 0) is 49.6 Å². The lowest BCUT2D eigenvalue weighted by molar-refractivity contribution is -0.141. The average Bonchev–Trinajstić information content (AvgIpc) is 3.39. The summed E-state index contributed by atoms with van der Waals surface area (Å²) < 4.78 is 55.0. The molecule has 1 saturated carbocycles. The van der Waals surface area contributed by atoms with E-state index in [2.05, 4.69) is 15.4 Å². The van der Waals surface area contributed by atoms with Gasteiger partial charge >= 0.3 is 6.18 Å². The first-order valence-electron chi connectivity index (χ1n) is 9.03. The molecule has 1 aliphatic rings. The molecular weight excluding hydrogens is 424 g/mol. The summed E-state index contributed by atoms with van der Waals surface area (Å²) in [7, 11) is 0. The van der Waals surface area contributed by atoms with Gasteiger partial charge in [-0.25, -0.2) is 9.07 Å². The van der Waals surface area contributed by atoms with Crippen molar-refractivity contribution < 1.29 is 22.4 Å². The molecule has 4 rings (SSSR count). The molecule has 2 aromatic heterocycles. The summed E-state index contributed by atoms with van der Waals surface area (Å²) >= 11 is 6.02. The van der Waals surface area contributed by atoms with Gasteiger partial charge in [-0.2, -0.15) is 18.3 Å². The van der Waals surface area contributed by atoms with E-state index in [0.717, 1.165) is 29.7 Å². The molecule has 0 unspecified atom stereocenters. The number of aryl methyl sites for hydroxylation is 1. The van der Waals surface area contributed by atoms with E-state index in [4.69, 9.17) is 11.6 Å². The highest BCUT2D eigenvalue weighted by Gasteiger charge is 2.38. The van der Waals surface area contributed by atoms with Crippen molar-refractivity contribution in [1.29, 1.82) is 0 Å². The number of carbonyl (C=O) groups is 1. The standard InChI is InChI=1S/C20H15ClF4N4O/c1-10-8-26-9-13(21)18(10)19(30)27-12-4-5-15(14(22)6-12)29-16(11-2-3-11)7-17(28-29)20(23,24)25/h4-9,11H,2-3H2,1H3,(H,27,30). The lowest BCUT2D eigenvalue weighted by atomic mass is 10.1. The fourth-order valence-electron chi connectivity index (χ4n) is 3.17. The predicted octanol–water partition coefficient (Wildman–Crippen LogP) is 5.52. The molecule has 1 aromatic carbocycles. The maximum atomic E-state index is 14.8. The Kier molecular flexibility index (Phi) is 5.01. The number of hydrogen-bond acceptors (Lipinski definition) is 3. The third kappa shape index (κ3) is 3.89. The van der Waals surface area contributed by atoms with Gasteiger partial charge in [0.15, 0.2) is 11.5 Å². The van der Waals surface area contributed by atoms with Crippen molar-refractivity contribution >= 4 is 23.2 Å². The summed E-state index contributed by atoms with van der Waals surface area (Å²) in [4.78, 5) is 16.4. The highest BCUT2D eigenvalue weighted by Crippen LogP contribution is 2.43. The highest BCUT2D eigenvalue weighted by atomic mass is 35.5. The molecule has 2 heterocycles. The van der Waals surface area contributed by atoms with E-state index < -0.39 is 23.6 Å². The van der Waals surface area contributed by atoms with Gasteiger partial charge in [-0.1, -0.05) is 11.6 Å². The van der Waals surface area contributed by atoms with Crippen LogP contribution in [0.3, 0.4) is 0 Å². The number of carbonyl (C=O) groups excluding carboxylic acids is 1. The van der Waals surface area contributed by atoms with Crippen molar-refractivity contribution in [3.8, 4) is 5.69 Å². The fourth-order valence-corrected chi connectivity index (χ4v) is 3.46. The minimum atomic E-state index is -4.62. The van der Waals surface area contributed by atoms with Crippen molar-refractivity contribution in [2.24, 2.45) is 0 Å². The van der Waals surface area contributed by atoms with Crippen molar-refractivity contribution in [2.45, 2.75) is 31.9 Å². The summed E-state index contributed by atoms with van der Waals surface area (Å²) in [5.41, 5.74) is 0.00543. The SMILES string of the molecule is Cc1cncc(Cl)c1C(=O)Nc1ccc(-n2nc(C(F)(F)F)cc2C2CC2)c(F)c1. The van der Waals surface area contributed by atoms with Crippen LogP contribution < -0.4 is 5.32 Å². The molecule has 0 aliphatic heterocycles. The minimum absolute atomic E-state index is 0.0795. The zero-order valence-corrected chi connectivity index (χ0v) is 16.4. The van der Waals surface area contributed by atoms with E-state index in [0.29, 0.717) is 11.3 Å². The number of nitrogens with one attached hydrogen (secondary N) is 1. The number of benzene rings is 1. The number of amides is 1. The molecule has 0 saturated heterocycles. The van der Waals surface area contributed by atoms with Crippen molar-refractivity contribution in [1.82, 2.24) is 14.8 Å². The largest absolute Gasteiger partial charge is 0.435 e. The molecule has 1 aliphatic carbocycles. The molecule has 0 radical (unpaired) electrons. The summed E-state index contributed by atoms with van der Waals surface area (Å²) in [6, 6.07) is 4.67. The maximum Gasteiger partial charge on any atom is 0.435 e. The predicted molar refractivity (Wildman–Crippen MR) is 102 cm³/mol. The van der Waals surface area contributed by atoms with Crippen molar-refractivity contribution in [2.75, 3.05) is 5.32 Å². The number of halogens is 5. The van der Waals surface area contributed by atoms with E-state index in [1.807, 2.05) is 0 Å². The molecule has 156 valence electrons. The molecule has 0 spiro atoms. The zero-order valence-electron chi connectivity index (χ0n) is 15.6.